The van der Waals surface area contributed by atoms with Gasteiger partial charge in [0.15, 0.2) is 0 Å². The second-order valence-corrected chi connectivity index (χ2v) is 3.23. The third-order valence-electron chi connectivity index (χ3n) is 2.09. The van der Waals surface area contributed by atoms with Crippen LogP contribution in [0.1, 0.15) is 15.9 Å². The molecule has 1 aromatic carbocycles. The molecule has 0 saturated carbocycles. The normalized spacial score (nSPS) is 14.8. The van der Waals surface area contributed by atoms with Crippen molar-refractivity contribution in [2.24, 2.45) is 4.99 Å². The van der Waals surface area contributed by atoms with Crippen molar-refractivity contribution in [1.82, 2.24) is 0 Å². The first-order chi connectivity index (χ1) is 6.77. The number of benzene rings is 1. The van der Waals surface area contributed by atoms with Gasteiger partial charge in [-0.3, -0.25) is 4.79 Å². The van der Waals surface area contributed by atoms with E-state index >= 15 is 0 Å². The molecule has 0 spiro atoms. The van der Waals surface area contributed by atoms with Crippen LogP contribution in [-0.2, 0) is 4.74 Å². The molecule has 3 nitrogen and oxygen atoms in total. The van der Waals surface area contributed by atoms with Crippen LogP contribution < -0.4 is 0 Å². The van der Waals surface area contributed by atoms with Gasteiger partial charge in [0.25, 0.3) is 5.90 Å². The molecule has 0 saturated heterocycles. The zero-order valence-corrected chi connectivity index (χ0v) is 7.99. The molecule has 3 heteroatoms. The second kappa shape index (κ2) is 3.62. The summed E-state index contributed by atoms with van der Waals surface area (Å²) in [6.07, 6.45) is 0. The molecule has 0 aliphatic carbocycles. The number of hydrogen-bond donors (Lipinski definition) is 0. The Bertz CT molecular complexity index is 379. The van der Waals surface area contributed by atoms with Crippen LogP contribution in [0.3, 0.4) is 0 Å². The number of rotatable bonds is 2. The Morgan fingerprint density at radius 3 is 2.64 bits per heavy atom. The number of aliphatic imine (C=N–C) groups is 1. The molecule has 0 bridgehead atoms. The molecule has 0 fully saturated rings. The van der Waals surface area contributed by atoms with Gasteiger partial charge in [0, 0.05) is 5.56 Å². The van der Waals surface area contributed by atoms with Gasteiger partial charge >= 0.3 is 0 Å². The van der Waals surface area contributed by atoms with Gasteiger partial charge in [0.2, 0.25) is 5.78 Å². The van der Waals surface area contributed by atoms with Crippen LogP contribution in [0.5, 0.6) is 0 Å². The number of ketones is 1. The quantitative estimate of drug-likeness (QED) is 0.663. The Morgan fingerprint density at radius 2 is 2.07 bits per heavy atom. The lowest BCUT2D eigenvalue weighted by atomic mass is 10.1. The molecule has 1 aliphatic heterocycles. The summed E-state index contributed by atoms with van der Waals surface area (Å²) in [7, 11) is 0. The highest BCUT2D eigenvalue weighted by Gasteiger charge is 2.18. The van der Waals surface area contributed by atoms with Crippen molar-refractivity contribution >= 4 is 11.7 Å². The Hall–Kier alpha value is -1.64. The van der Waals surface area contributed by atoms with Crippen molar-refractivity contribution in [3.05, 3.63) is 35.4 Å². The monoisotopic (exact) mass is 189 g/mol. The van der Waals surface area contributed by atoms with Gasteiger partial charge in [-0.1, -0.05) is 29.8 Å². The van der Waals surface area contributed by atoms with E-state index in [9.17, 15) is 4.79 Å². The lowest BCUT2D eigenvalue weighted by molar-refractivity contribution is 0.103. The first kappa shape index (κ1) is 8.94. The van der Waals surface area contributed by atoms with Crippen LogP contribution in [-0.4, -0.2) is 24.8 Å². The Kier molecular flexibility index (Phi) is 2.31. The van der Waals surface area contributed by atoms with Gasteiger partial charge in [-0.05, 0) is 6.92 Å². The first-order valence-corrected chi connectivity index (χ1v) is 4.56. The largest absolute Gasteiger partial charge is 0.473 e. The van der Waals surface area contributed by atoms with E-state index in [1.165, 1.54) is 0 Å². The molecule has 72 valence electrons. The van der Waals surface area contributed by atoms with Crippen LogP contribution in [0.2, 0.25) is 0 Å². The van der Waals surface area contributed by atoms with Gasteiger partial charge in [0.1, 0.15) is 6.61 Å². The van der Waals surface area contributed by atoms with E-state index in [-0.39, 0.29) is 11.7 Å². The molecule has 0 unspecified atom stereocenters. The van der Waals surface area contributed by atoms with Crippen molar-refractivity contribution in [1.29, 1.82) is 0 Å². The van der Waals surface area contributed by atoms with E-state index in [0.29, 0.717) is 18.7 Å². The first-order valence-electron chi connectivity index (χ1n) is 4.56. The fraction of sp³-hybridized carbons (Fsp3) is 0.273. The standard InChI is InChI=1S/C11H11NO2/c1-8-2-4-9(5-3-8)10(13)11-12-6-7-14-11/h2-5H,6-7H2,1H3. The summed E-state index contributed by atoms with van der Waals surface area (Å²) in [5, 5.41) is 0. The smallest absolute Gasteiger partial charge is 0.258 e. The molecule has 0 amide bonds. The summed E-state index contributed by atoms with van der Waals surface area (Å²) < 4.78 is 5.10. The molecule has 0 N–H and O–H groups in total. The average Bonchev–Trinajstić information content (AvgIpc) is 2.71. The van der Waals surface area contributed by atoms with E-state index < -0.39 is 0 Å². The summed E-state index contributed by atoms with van der Waals surface area (Å²) in [6, 6.07) is 7.40. The Morgan fingerprint density at radius 1 is 1.36 bits per heavy atom. The lowest BCUT2D eigenvalue weighted by Gasteiger charge is -2.00. The third kappa shape index (κ3) is 1.66. The number of nitrogens with zero attached hydrogens (tertiary/aromatic N) is 1. The molecule has 0 radical (unpaired) electrons. The zero-order valence-electron chi connectivity index (χ0n) is 7.99. The maximum atomic E-state index is 11.7. The minimum Gasteiger partial charge on any atom is -0.473 e. The number of carbonyl (C=O) groups is 1. The number of carbonyl (C=O) groups excluding carboxylic acids is 1. The number of aryl methyl sites for hydroxylation is 1. The van der Waals surface area contributed by atoms with Crippen molar-refractivity contribution in [2.45, 2.75) is 6.92 Å². The van der Waals surface area contributed by atoms with E-state index in [1.54, 1.807) is 12.1 Å². The topological polar surface area (TPSA) is 38.7 Å². The molecule has 0 atom stereocenters. The summed E-state index contributed by atoms with van der Waals surface area (Å²) in [5.74, 6) is 0.122. The number of Topliss-reactive ketones (excluding diaryl/α,β-unsaturated/α-hetero) is 1. The predicted octanol–water partition coefficient (Wildman–Crippen LogP) is 1.61. The molecule has 2 rings (SSSR count). The van der Waals surface area contributed by atoms with Crippen molar-refractivity contribution in [2.75, 3.05) is 13.2 Å². The number of hydrogen-bond acceptors (Lipinski definition) is 3. The van der Waals surface area contributed by atoms with Crippen LogP contribution >= 0.6 is 0 Å². The lowest BCUT2D eigenvalue weighted by Crippen LogP contribution is -2.14. The van der Waals surface area contributed by atoms with Crippen molar-refractivity contribution in [3.63, 3.8) is 0 Å². The molecule has 1 aliphatic rings. The fourth-order valence-corrected chi connectivity index (χ4v) is 1.30. The van der Waals surface area contributed by atoms with Gasteiger partial charge in [-0.25, -0.2) is 4.99 Å². The van der Waals surface area contributed by atoms with E-state index in [0.717, 1.165) is 5.56 Å². The summed E-state index contributed by atoms with van der Waals surface area (Å²) in [4.78, 5) is 15.7. The predicted molar refractivity (Wildman–Crippen MR) is 53.8 cm³/mol. The third-order valence-corrected chi connectivity index (χ3v) is 2.09. The van der Waals surface area contributed by atoms with Gasteiger partial charge in [-0.15, -0.1) is 0 Å². The van der Waals surface area contributed by atoms with Gasteiger partial charge in [-0.2, -0.15) is 0 Å². The molecular weight excluding hydrogens is 178 g/mol. The number of ether oxygens (including phenoxy) is 1. The van der Waals surface area contributed by atoms with Crippen LogP contribution in [0, 0.1) is 6.92 Å². The summed E-state index contributed by atoms with van der Waals surface area (Å²) >= 11 is 0. The summed E-state index contributed by atoms with van der Waals surface area (Å²) in [6.45, 7) is 3.09. The molecule has 0 aromatic heterocycles. The molecule has 14 heavy (non-hydrogen) atoms. The highest BCUT2D eigenvalue weighted by Crippen LogP contribution is 2.07. The maximum Gasteiger partial charge on any atom is 0.258 e. The van der Waals surface area contributed by atoms with E-state index in [2.05, 4.69) is 4.99 Å². The highest BCUT2D eigenvalue weighted by atomic mass is 16.5. The second-order valence-electron chi connectivity index (χ2n) is 3.23. The average molecular weight is 189 g/mol. The van der Waals surface area contributed by atoms with Gasteiger partial charge in [0.05, 0.1) is 6.54 Å². The molecular formula is C11H11NO2. The molecule has 1 aromatic rings. The SMILES string of the molecule is Cc1ccc(C(=O)C2=NCCO2)cc1. The summed E-state index contributed by atoms with van der Waals surface area (Å²) in [5.41, 5.74) is 1.77. The van der Waals surface area contributed by atoms with Crippen LogP contribution in [0.4, 0.5) is 0 Å². The Balaban J connectivity index is 2.22. The molecule has 1 heterocycles. The van der Waals surface area contributed by atoms with Crippen LogP contribution in [0.15, 0.2) is 29.3 Å². The minimum atomic E-state index is -0.123. The van der Waals surface area contributed by atoms with E-state index in [4.69, 9.17) is 4.74 Å². The van der Waals surface area contributed by atoms with Crippen molar-refractivity contribution < 1.29 is 9.53 Å². The van der Waals surface area contributed by atoms with Crippen molar-refractivity contribution in [3.8, 4) is 0 Å². The van der Waals surface area contributed by atoms with E-state index in [1.807, 2.05) is 19.1 Å². The highest BCUT2D eigenvalue weighted by molar-refractivity contribution is 6.43. The van der Waals surface area contributed by atoms with Crippen LogP contribution in [0.25, 0.3) is 0 Å². The Labute approximate surface area is 82.4 Å². The van der Waals surface area contributed by atoms with Gasteiger partial charge < -0.3 is 4.74 Å². The zero-order chi connectivity index (χ0) is 9.97. The maximum absolute atomic E-state index is 11.7. The fourth-order valence-electron chi connectivity index (χ4n) is 1.30. The minimum absolute atomic E-state index is 0.123.